The molecule has 0 bridgehead atoms. The van der Waals surface area contributed by atoms with E-state index in [2.05, 4.69) is 22.0 Å². The first kappa shape index (κ1) is 14.0. The summed E-state index contributed by atoms with van der Waals surface area (Å²) >= 11 is 3.21. The number of piperidine rings is 1. The van der Waals surface area contributed by atoms with E-state index in [9.17, 15) is 9.18 Å². The summed E-state index contributed by atoms with van der Waals surface area (Å²) in [7, 11) is 0. The molecule has 2 rings (SSSR count). The molecule has 1 fully saturated rings. The number of halogens is 2. The van der Waals surface area contributed by atoms with Crippen LogP contribution in [-0.2, 0) is 0 Å². The number of rotatable bonds is 1. The topological polar surface area (TPSA) is 44.1 Å². The summed E-state index contributed by atoms with van der Waals surface area (Å²) in [5, 5.41) is 9.06. The van der Waals surface area contributed by atoms with Gasteiger partial charge in [-0.2, -0.15) is 5.26 Å². The van der Waals surface area contributed by atoms with Crippen LogP contribution < -0.4 is 0 Å². The highest BCUT2D eigenvalue weighted by Gasteiger charge is 2.32. The summed E-state index contributed by atoms with van der Waals surface area (Å²) in [6, 6.07) is 6.35. The molecular formula is C14H14BrFN2O. The van der Waals surface area contributed by atoms with Crippen molar-refractivity contribution in [1.29, 1.82) is 5.26 Å². The Labute approximate surface area is 120 Å². The van der Waals surface area contributed by atoms with Crippen LogP contribution in [0.5, 0.6) is 0 Å². The van der Waals surface area contributed by atoms with Gasteiger partial charge in [0, 0.05) is 17.6 Å². The Balaban J connectivity index is 2.12. The Morgan fingerprint density at radius 2 is 2.11 bits per heavy atom. The third kappa shape index (κ3) is 2.95. The quantitative estimate of drug-likeness (QED) is 0.795. The summed E-state index contributed by atoms with van der Waals surface area (Å²) in [5.41, 5.74) is 0.124. The Morgan fingerprint density at radius 1 is 1.47 bits per heavy atom. The first-order valence-electron chi connectivity index (χ1n) is 6.11. The van der Waals surface area contributed by atoms with Gasteiger partial charge in [0.05, 0.1) is 17.0 Å². The van der Waals surface area contributed by atoms with E-state index < -0.39 is 0 Å². The second-order valence-corrected chi connectivity index (χ2v) is 5.94. The van der Waals surface area contributed by atoms with Crippen molar-refractivity contribution in [3.05, 3.63) is 34.1 Å². The van der Waals surface area contributed by atoms with E-state index in [-0.39, 0.29) is 17.1 Å². The standard InChI is InChI=1S/C14H14BrFN2O/c1-14(9-17)4-6-18(7-5-14)13(19)11-3-2-10(16)8-12(11)15/h2-3,8H,4-7H2,1H3. The molecule has 3 nitrogen and oxygen atoms in total. The van der Waals surface area contributed by atoms with Crippen LogP contribution in [0.1, 0.15) is 30.1 Å². The minimum atomic E-state index is -0.376. The summed E-state index contributed by atoms with van der Waals surface area (Å²) in [4.78, 5) is 14.0. The molecule has 1 amide bonds. The molecular weight excluding hydrogens is 311 g/mol. The molecule has 0 aromatic heterocycles. The van der Waals surface area contributed by atoms with Crippen molar-refractivity contribution in [2.24, 2.45) is 5.41 Å². The summed E-state index contributed by atoms with van der Waals surface area (Å²) in [6.07, 6.45) is 1.35. The molecule has 5 heteroatoms. The number of benzene rings is 1. The Hall–Kier alpha value is -1.41. The summed E-state index contributed by atoms with van der Waals surface area (Å²) < 4.78 is 13.5. The number of likely N-dealkylation sites (tertiary alicyclic amines) is 1. The monoisotopic (exact) mass is 324 g/mol. The number of carbonyl (C=O) groups is 1. The molecule has 0 radical (unpaired) electrons. The van der Waals surface area contributed by atoms with Crippen molar-refractivity contribution in [1.82, 2.24) is 4.90 Å². The summed E-state index contributed by atoms with van der Waals surface area (Å²) in [6.45, 7) is 3.04. The first-order chi connectivity index (χ1) is 8.95. The Morgan fingerprint density at radius 3 is 2.63 bits per heavy atom. The lowest BCUT2D eigenvalue weighted by atomic mass is 9.82. The highest BCUT2D eigenvalue weighted by atomic mass is 79.9. The van der Waals surface area contributed by atoms with Crippen molar-refractivity contribution in [2.45, 2.75) is 19.8 Å². The number of nitriles is 1. The van der Waals surface area contributed by atoms with Crippen molar-refractivity contribution in [3.63, 3.8) is 0 Å². The largest absolute Gasteiger partial charge is 0.339 e. The van der Waals surface area contributed by atoms with Crippen LogP contribution in [0.15, 0.2) is 22.7 Å². The fraction of sp³-hybridized carbons (Fsp3) is 0.429. The van der Waals surface area contributed by atoms with Gasteiger partial charge in [-0.25, -0.2) is 4.39 Å². The Bertz CT molecular complexity index is 545. The van der Waals surface area contributed by atoms with Gasteiger partial charge < -0.3 is 4.90 Å². The number of nitrogens with zero attached hydrogens (tertiary/aromatic N) is 2. The fourth-order valence-corrected chi connectivity index (χ4v) is 2.67. The molecule has 1 heterocycles. The van der Waals surface area contributed by atoms with E-state index in [1.54, 1.807) is 4.90 Å². The average molecular weight is 325 g/mol. The van der Waals surface area contributed by atoms with Gasteiger partial charge in [0.1, 0.15) is 5.82 Å². The van der Waals surface area contributed by atoms with E-state index in [4.69, 9.17) is 5.26 Å². The van der Waals surface area contributed by atoms with Crippen molar-refractivity contribution < 1.29 is 9.18 Å². The van der Waals surface area contributed by atoms with Crippen LogP contribution in [0.3, 0.4) is 0 Å². The Kier molecular flexibility index (Phi) is 3.91. The van der Waals surface area contributed by atoms with E-state index in [0.29, 0.717) is 36.0 Å². The van der Waals surface area contributed by atoms with Crippen LogP contribution in [0.25, 0.3) is 0 Å². The van der Waals surface area contributed by atoms with Crippen LogP contribution in [0.4, 0.5) is 4.39 Å². The lowest BCUT2D eigenvalue weighted by Crippen LogP contribution is -2.41. The van der Waals surface area contributed by atoms with Crippen LogP contribution in [0.2, 0.25) is 0 Å². The number of hydrogen-bond donors (Lipinski definition) is 0. The zero-order valence-electron chi connectivity index (χ0n) is 10.6. The molecule has 0 aliphatic carbocycles. The highest BCUT2D eigenvalue weighted by Crippen LogP contribution is 2.31. The number of carbonyl (C=O) groups excluding carboxylic acids is 1. The van der Waals surface area contributed by atoms with Crippen molar-refractivity contribution in [2.75, 3.05) is 13.1 Å². The smallest absolute Gasteiger partial charge is 0.255 e. The van der Waals surface area contributed by atoms with Gasteiger partial charge in [-0.15, -0.1) is 0 Å². The summed E-state index contributed by atoms with van der Waals surface area (Å²) in [5.74, 6) is -0.494. The van der Waals surface area contributed by atoms with E-state index in [0.717, 1.165) is 0 Å². The van der Waals surface area contributed by atoms with Crippen LogP contribution in [0, 0.1) is 22.6 Å². The van der Waals surface area contributed by atoms with Gasteiger partial charge >= 0.3 is 0 Å². The zero-order valence-corrected chi connectivity index (χ0v) is 12.2. The van der Waals surface area contributed by atoms with Crippen LogP contribution in [-0.4, -0.2) is 23.9 Å². The maximum Gasteiger partial charge on any atom is 0.255 e. The minimum Gasteiger partial charge on any atom is -0.339 e. The molecule has 0 atom stereocenters. The van der Waals surface area contributed by atoms with Gasteiger partial charge in [-0.1, -0.05) is 0 Å². The predicted molar refractivity (Wildman–Crippen MR) is 73.0 cm³/mol. The molecule has 19 heavy (non-hydrogen) atoms. The first-order valence-corrected chi connectivity index (χ1v) is 6.90. The molecule has 1 aromatic rings. The van der Waals surface area contributed by atoms with Gasteiger partial charge in [-0.3, -0.25) is 4.79 Å². The zero-order chi connectivity index (χ0) is 14.0. The average Bonchev–Trinajstić information content (AvgIpc) is 2.39. The SMILES string of the molecule is CC1(C#N)CCN(C(=O)c2ccc(F)cc2Br)CC1. The molecule has 0 N–H and O–H groups in total. The lowest BCUT2D eigenvalue weighted by molar-refractivity contribution is 0.0660. The molecule has 1 aliphatic heterocycles. The molecule has 0 unspecified atom stereocenters. The van der Waals surface area contributed by atoms with Crippen molar-refractivity contribution >= 4 is 21.8 Å². The normalized spacial score (nSPS) is 17.9. The van der Waals surface area contributed by atoms with Crippen molar-refractivity contribution in [3.8, 4) is 6.07 Å². The van der Waals surface area contributed by atoms with Gasteiger partial charge in [-0.05, 0) is 53.9 Å². The molecule has 100 valence electrons. The lowest BCUT2D eigenvalue weighted by Gasteiger charge is -2.35. The molecule has 1 saturated heterocycles. The van der Waals surface area contributed by atoms with Crippen LogP contribution >= 0.6 is 15.9 Å². The van der Waals surface area contributed by atoms with Gasteiger partial charge in [0.25, 0.3) is 5.91 Å². The predicted octanol–water partition coefficient (Wildman–Crippen LogP) is 3.35. The molecule has 1 aliphatic rings. The van der Waals surface area contributed by atoms with E-state index >= 15 is 0 Å². The maximum atomic E-state index is 13.0. The van der Waals surface area contributed by atoms with E-state index in [1.165, 1.54) is 18.2 Å². The van der Waals surface area contributed by atoms with E-state index in [1.807, 2.05) is 6.92 Å². The third-order valence-corrected chi connectivity index (χ3v) is 4.24. The highest BCUT2D eigenvalue weighted by molar-refractivity contribution is 9.10. The third-order valence-electron chi connectivity index (χ3n) is 3.59. The van der Waals surface area contributed by atoms with Gasteiger partial charge in [0.15, 0.2) is 0 Å². The molecule has 0 saturated carbocycles. The number of hydrogen-bond acceptors (Lipinski definition) is 2. The second-order valence-electron chi connectivity index (χ2n) is 5.09. The maximum absolute atomic E-state index is 13.0. The molecule has 1 aromatic carbocycles. The molecule has 0 spiro atoms. The number of amides is 1. The van der Waals surface area contributed by atoms with Gasteiger partial charge in [0.2, 0.25) is 0 Å². The minimum absolute atomic E-state index is 0.119. The fourth-order valence-electron chi connectivity index (χ4n) is 2.15. The second kappa shape index (κ2) is 5.30.